The first-order valence-corrected chi connectivity index (χ1v) is 4.35. The maximum atomic E-state index is 10.6. The van der Waals surface area contributed by atoms with Crippen LogP contribution in [-0.2, 0) is 4.79 Å². The number of aryl methyl sites for hydroxylation is 2. The second kappa shape index (κ2) is 2.58. The van der Waals surface area contributed by atoms with E-state index in [1.165, 1.54) is 0 Å². The molecule has 1 aliphatic carbocycles. The highest BCUT2D eigenvalue weighted by Gasteiger charge is 2.46. The van der Waals surface area contributed by atoms with Crippen LogP contribution in [0.5, 0.6) is 0 Å². The van der Waals surface area contributed by atoms with Gasteiger partial charge in [0, 0.05) is 11.6 Å². The quantitative estimate of drug-likeness (QED) is 0.719. The Bertz CT molecular complexity index is 337. The molecule has 1 aromatic heterocycles. The Labute approximate surface area is 76.0 Å². The van der Waals surface area contributed by atoms with Crippen LogP contribution in [0.1, 0.15) is 29.6 Å². The third-order valence-corrected chi connectivity index (χ3v) is 2.61. The molecule has 4 heteroatoms. The molecule has 1 saturated carbocycles. The van der Waals surface area contributed by atoms with Gasteiger partial charge >= 0.3 is 5.97 Å². The van der Waals surface area contributed by atoms with Gasteiger partial charge in [-0.2, -0.15) is 0 Å². The number of aromatic amines is 1. The number of rotatable bonds is 2. The van der Waals surface area contributed by atoms with E-state index in [1.54, 1.807) is 0 Å². The van der Waals surface area contributed by atoms with Crippen molar-refractivity contribution in [2.45, 2.75) is 26.2 Å². The van der Waals surface area contributed by atoms with E-state index < -0.39 is 5.97 Å². The van der Waals surface area contributed by atoms with E-state index in [0.717, 1.165) is 23.6 Å². The highest BCUT2D eigenvalue weighted by molar-refractivity contribution is 5.74. The van der Waals surface area contributed by atoms with Crippen molar-refractivity contribution in [3.05, 3.63) is 17.2 Å². The molecule has 2 rings (SSSR count). The maximum absolute atomic E-state index is 10.6. The van der Waals surface area contributed by atoms with Crippen molar-refractivity contribution >= 4 is 5.97 Å². The van der Waals surface area contributed by atoms with Crippen molar-refractivity contribution in [2.75, 3.05) is 0 Å². The van der Waals surface area contributed by atoms with Crippen molar-refractivity contribution in [3.8, 4) is 0 Å². The SMILES string of the molecule is Cc1nc(C2CC2C(=O)O)[nH]c1C. The molecule has 0 saturated heterocycles. The van der Waals surface area contributed by atoms with Gasteiger partial charge in [-0.05, 0) is 20.3 Å². The molecular weight excluding hydrogens is 168 g/mol. The Kier molecular flexibility index (Phi) is 1.65. The molecule has 1 fully saturated rings. The van der Waals surface area contributed by atoms with E-state index in [-0.39, 0.29) is 11.8 Å². The average molecular weight is 180 g/mol. The Hall–Kier alpha value is -1.32. The summed E-state index contributed by atoms with van der Waals surface area (Å²) in [6.45, 7) is 3.87. The number of nitrogens with one attached hydrogen (secondary N) is 1. The lowest BCUT2D eigenvalue weighted by molar-refractivity contribution is -0.138. The molecule has 0 aromatic carbocycles. The first-order valence-electron chi connectivity index (χ1n) is 4.35. The zero-order valence-electron chi connectivity index (χ0n) is 7.66. The molecule has 2 unspecified atom stereocenters. The van der Waals surface area contributed by atoms with Gasteiger partial charge in [-0.1, -0.05) is 0 Å². The van der Waals surface area contributed by atoms with Gasteiger partial charge in [0.15, 0.2) is 0 Å². The minimum atomic E-state index is -0.711. The number of H-pyrrole nitrogens is 1. The van der Waals surface area contributed by atoms with Gasteiger partial charge in [0.05, 0.1) is 11.6 Å². The summed E-state index contributed by atoms with van der Waals surface area (Å²) in [7, 11) is 0. The zero-order valence-corrected chi connectivity index (χ0v) is 7.66. The third kappa shape index (κ3) is 1.32. The number of aliphatic carboxylic acids is 1. The second-order valence-electron chi connectivity index (χ2n) is 3.62. The van der Waals surface area contributed by atoms with Gasteiger partial charge in [-0.15, -0.1) is 0 Å². The first kappa shape index (κ1) is 8.29. The molecular formula is C9H12N2O2. The fraction of sp³-hybridized carbons (Fsp3) is 0.556. The number of carboxylic acids is 1. The predicted octanol–water partition coefficient (Wildman–Crippen LogP) is 1.21. The molecule has 1 aliphatic rings. The van der Waals surface area contributed by atoms with Crippen molar-refractivity contribution in [1.29, 1.82) is 0 Å². The van der Waals surface area contributed by atoms with Gasteiger partial charge in [0.25, 0.3) is 0 Å². The van der Waals surface area contributed by atoms with Crippen molar-refractivity contribution < 1.29 is 9.90 Å². The van der Waals surface area contributed by atoms with Crippen LogP contribution >= 0.6 is 0 Å². The second-order valence-corrected chi connectivity index (χ2v) is 3.62. The van der Waals surface area contributed by atoms with E-state index in [1.807, 2.05) is 13.8 Å². The molecule has 2 N–H and O–H groups in total. The Morgan fingerprint density at radius 3 is 2.69 bits per heavy atom. The molecule has 13 heavy (non-hydrogen) atoms. The van der Waals surface area contributed by atoms with Crippen molar-refractivity contribution in [3.63, 3.8) is 0 Å². The van der Waals surface area contributed by atoms with E-state index in [2.05, 4.69) is 9.97 Å². The van der Waals surface area contributed by atoms with E-state index >= 15 is 0 Å². The van der Waals surface area contributed by atoms with Crippen molar-refractivity contribution in [2.24, 2.45) is 5.92 Å². The summed E-state index contributed by atoms with van der Waals surface area (Å²) >= 11 is 0. The number of aromatic nitrogens is 2. The largest absolute Gasteiger partial charge is 0.481 e. The van der Waals surface area contributed by atoms with Gasteiger partial charge in [-0.25, -0.2) is 4.98 Å². The van der Waals surface area contributed by atoms with Crippen LogP contribution in [0, 0.1) is 19.8 Å². The lowest BCUT2D eigenvalue weighted by Crippen LogP contribution is -1.99. The normalized spacial score (nSPS) is 26.0. The molecule has 4 nitrogen and oxygen atoms in total. The number of carbonyl (C=O) groups is 1. The average Bonchev–Trinajstić information content (AvgIpc) is 2.76. The molecule has 0 aliphatic heterocycles. The molecule has 1 aromatic rings. The Morgan fingerprint density at radius 2 is 2.31 bits per heavy atom. The third-order valence-electron chi connectivity index (χ3n) is 2.61. The summed E-state index contributed by atoms with van der Waals surface area (Å²) in [5.74, 6) is 0.0222. The summed E-state index contributed by atoms with van der Waals surface area (Å²) in [6, 6.07) is 0. The summed E-state index contributed by atoms with van der Waals surface area (Å²) < 4.78 is 0. The smallest absolute Gasteiger partial charge is 0.307 e. The summed E-state index contributed by atoms with van der Waals surface area (Å²) in [5.41, 5.74) is 2.00. The van der Waals surface area contributed by atoms with Gasteiger partial charge < -0.3 is 10.1 Å². The van der Waals surface area contributed by atoms with Gasteiger partial charge in [-0.3, -0.25) is 4.79 Å². The first-order chi connectivity index (χ1) is 6.09. The standard InChI is InChI=1S/C9H12N2O2/c1-4-5(2)11-8(10-4)6-3-7(6)9(12)13/h6-7H,3H2,1-2H3,(H,10,11)(H,12,13). The molecule has 70 valence electrons. The number of carboxylic acid groups (broad SMARTS) is 1. The van der Waals surface area contributed by atoms with Crippen LogP contribution in [0.25, 0.3) is 0 Å². The Balaban J connectivity index is 2.16. The minimum Gasteiger partial charge on any atom is -0.481 e. The number of nitrogens with zero attached hydrogens (tertiary/aromatic N) is 1. The lowest BCUT2D eigenvalue weighted by atomic mass is 10.3. The summed E-state index contributed by atoms with van der Waals surface area (Å²) in [5, 5.41) is 8.72. The topological polar surface area (TPSA) is 66.0 Å². The summed E-state index contributed by atoms with van der Waals surface area (Å²) in [4.78, 5) is 18.0. The molecule has 0 amide bonds. The molecule has 1 heterocycles. The minimum absolute atomic E-state index is 0.116. The van der Waals surface area contributed by atoms with Crippen LogP contribution in [0.4, 0.5) is 0 Å². The highest BCUT2D eigenvalue weighted by atomic mass is 16.4. The predicted molar refractivity (Wildman–Crippen MR) is 46.5 cm³/mol. The highest BCUT2D eigenvalue weighted by Crippen LogP contribution is 2.46. The van der Waals surface area contributed by atoms with Gasteiger partial charge in [0.1, 0.15) is 5.82 Å². The van der Waals surface area contributed by atoms with Crippen molar-refractivity contribution in [1.82, 2.24) is 9.97 Å². The van der Waals surface area contributed by atoms with Crippen LogP contribution in [-0.4, -0.2) is 21.0 Å². The summed E-state index contributed by atoms with van der Waals surface area (Å²) in [6.07, 6.45) is 0.724. The fourth-order valence-electron chi connectivity index (χ4n) is 1.52. The zero-order chi connectivity index (χ0) is 9.59. The maximum Gasteiger partial charge on any atom is 0.307 e. The van der Waals surface area contributed by atoms with Gasteiger partial charge in [0.2, 0.25) is 0 Å². The van der Waals surface area contributed by atoms with Crippen LogP contribution in [0.15, 0.2) is 0 Å². The monoisotopic (exact) mass is 180 g/mol. The molecule has 0 spiro atoms. The lowest BCUT2D eigenvalue weighted by Gasteiger charge is -1.89. The number of hydrogen-bond donors (Lipinski definition) is 2. The van der Waals surface area contributed by atoms with E-state index in [4.69, 9.17) is 5.11 Å². The Morgan fingerprint density at radius 1 is 1.62 bits per heavy atom. The molecule has 2 atom stereocenters. The molecule has 0 radical (unpaired) electrons. The van der Waals surface area contributed by atoms with E-state index in [0.29, 0.717) is 0 Å². The fourth-order valence-corrected chi connectivity index (χ4v) is 1.52. The van der Waals surface area contributed by atoms with Crippen LogP contribution < -0.4 is 0 Å². The number of imidazole rings is 1. The molecule has 0 bridgehead atoms. The van der Waals surface area contributed by atoms with E-state index in [9.17, 15) is 4.79 Å². The number of hydrogen-bond acceptors (Lipinski definition) is 2. The van der Waals surface area contributed by atoms with Crippen LogP contribution in [0.2, 0.25) is 0 Å². The van der Waals surface area contributed by atoms with Crippen LogP contribution in [0.3, 0.4) is 0 Å².